The number of aliphatic carboxylic acids is 1. The Bertz CT molecular complexity index is 306. The molecular formula is C12H22N2O4. The molecule has 0 radical (unpaired) electrons. The Kier molecular flexibility index (Phi) is 5.10. The molecule has 1 amide bonds. The number of nitrogens with one attached hydrogen (secondary N) is 2. The van der Waals surface area contributed by atoms with Gasteiger partial charge in [0.25, 0.3) is 0 Å². The molecule has 1 aliphatic rings. The van der Waals surface area contributed by atoms with E-state index in [9.17, 15) is 9.59 Å². The molecule has 6 heteroatoms. The highest BCUT2D eigenvalue weighted by atomic mass is 16.5. The average molecular weight is 258 g/mol. The monoisotopic (exact) mass is 258 g/mol. The lowest BCUT2D eigenvalue weighted by Gasteiger charge is -2.29. The van der Waals surface area contributed by atoms with Gasteiger partial charge in [-0.3, -0.25) is 4.79 Å². The molecule has 0 aliphatic carbocycles. The lowest BCUT2D eigenvalue weighted by Crippen LogP contribution is -2.50. The van der Waals surface area contributed by atoms with Crippen molar-refractivity contribution in [2.45, 2.75) is 39.3 Å². The first kappa shape index (κ1) is 14.9. The Morgan fingerprint density at radius 1 is 1.50 bits per heavy atom. The van der Waals surface area contributed by atoms with Gasteiger partial charge < -0.3 is 20.5 Å². The van der Waals surface area contributed by atoms with Crippen LogP contribution in [-0.4, -0.2) is 48.8 Å². The molecule has 0 aromatic rings. The maximum absolute atomic E-state index is 11.8. The molecule has 1 aliphatic heterocycles. The summed E-state index contributed by atoms with van der Waals surface area (Å²) in [4.78, 5) is 22.9. The number of carbonyl (C=O) groups excluding carboxylic acids is 1. The summed E-state index contributed by atoms with van der Waals surface area (Å²) in [5.74, 6) is -1.30. The second-order valence-corrected chi connectivity index (χ2v) is 5.61. The number of carbonyl (C=O) groups is 2. The SMILES string of the molecule is CC(C)(C)[C@@H](NC(=O)CC1CNCCO1)C(=O)O. The Hall–Kier alpha value is -1.14. The summed E-state index contributed by atoms with van der Waals surface area (Å²) < 4.78 is 5.41. The maximum Gasteiger partial charge on any atom is 0.326 e. The van der Waals surface area contributed by atoms with E-state index in [0.29, 0.717) is 13.2 Å². The van der Waals surface area contributed by atoms with E-state index in [1.807, 2.05) is 0 Å². The van der Waals surface area contributed by atoms with E-state index in [0.717, 1.165) is 6.54 Å². The van der Waals surface area contributed by atoms with Crippen LogP contribution < -0.4 is 10.6 Å². The zero-order chi connectivity index (χ0) is 13.8. The number of morpholine rings is 1. The first-order chi connectivity index (χ1) is 8.30. The summed E-state index contributed by atoms with van der Waals surface area (Å²) in [7, 11) is 0. The molecule has 0 bridgehead atoms. The minimum atomic E-state index is -1.02. The number of rotatable bonds is 4. The molecule has 2 atom stereocenters. The van der Waals surface area contributed by atoms with Crippen molar-refractivity contribution in [1.82, 2.24) is 10.6 Å². The summed E-state index contributed by atoms with van der Waals surface area (Å²) in [5.41, 5.74) is -0.521. The molecule has 1 rings (SSSR count). The molecule has 1 saturated heterocycles. The second kappa shape index (κ2) is 6.15. The summed E-state index contributed by atoms with van der Waals surface area (Å²) in [6.07, 6.45) is 0.0144. The van der Waals surface area contributed by atoms with Crippen LogP contribution in [0.15, 0.2) is 0 Å². The van der Waals surface area contributed by atoms with Crippen LogP contribution in [0.5, 0.6) is 0 Å². The van der Waals surface area contributed by atoms with Gasteiger partial charge in [-0.05, 0) is 5.41 Å². The van der Waals surface area contributed by atoms with Crippen LogP contribution in [-0.2, 0) is 14.3 Å². The van der Waals surface area contributed by atoms with E-state index >= 15 is 0 Å². The molecule has 6 nitrogen and oxygen atoms in total. The highest BCUT2D eigenvalue weighted by Crippen LogP contribution is 2.19. The van der Waals surface area contributed by atoms with Gasteiger partial charge in [-0.1, -0.05) is 20.8 Å². The van der Waals surface area contributed by atoms with Crippen LogP contribution >= 0.6 is 0 Å². The molecule has 0 aromatic carbocycles. The van der Waals surface area contributed by atoms with Crippen molar-refractivity contribution in [3.63, 3.8) is 0 Å². The van der Waals surface area contributed by atoms with Crippen LogP contribution in [0.2, 0.25) is 0 Å². The number of carboxylic acid groups (broad SMARTS) is 1. The van der Waals surface area contributed by atoms with E-state index in [2.05, 4.69) is 10.6 Å². The van der Waals surface area contributed by atoms with Gasteiger partial charge in [0.1, 0.15) is 6.04 Å². The highest BCUT2D eigenvalue weighted by Gasteiger charge is 2.33. The second-order valence-electron chi connectivity index (χ2n) is 5.61. The minimum absolute atomic E-state index is 0.173. The summed E-state index contributed by atoms with van der Waals surface area (Å²) in [6, 6.07) is -0.887. The number of hydrogen-bond donors (Lipinski definition) is 3. The molecule has 0 aromatic heterocycles. The minimum Gasteiger partial charge on any atom is -0.480 e. The summed E-state index contributed by atoms with van der Waals surface area (Å²) in [5, 5.41) is 14.8. The molecule has 1 heterocycles. The van der Waals surface area contributed by atoms with Gasteiger partial charge >= 0.3 is 5.97 Å². The van der Waals surface area contributed by atoms with Gasteiger partial charge in [0.05, 0.1) is 19.1 Å². The third-order valence-corrected chi connectivity index (χ3v) is 2.84. The van der Waals surface area contributed by atoms with Crippen LogP contribution in [0, 0.1) is 5.41 Å². The molecule has 1 unspecified atom stereocenters. The van der Waals surface area contributed by atoms with Gasteiger partial charge in [0.2, 0.25) is 5.91 Å². The lowest BCUT2D eigenvalue weighted by atomic mass is 9.86. The standard InChI is InChI=1S/C12H22N2O4/c1-12(2,3)10(11(16)17)14-9(15)6-8-7-13-4-5-18-8/h8,10,13H,4-7H2,1-3H3,(H,14,15)(H,16,17)/t8?,10-/m0/s1. The average Bonchev–Trinajstić information content (AvgIpc) is 2.25. The third kappa shape index (κ3) is 4.62. The van der Waals surface area contributed by atoms with Crippen molar-refractivity contribution in [1.29, 1.82) is 0 Å². The highest BCUT2D eigenvalue weighted by molar-refractivity contribution is 5.84. The number of carboxylic acids is 1. The number of amides is 1. The molecule has 104 valence electrons. The zero-order valence-electron chi connectivity index (χ0n) is 11.2. The Balaban J connectivity index is 2.48. The summed E-state index contributed by atoms with van der Waals surface area (Å²) in [6.45, 7) is 7.35. The Morgan fingerprint density at radius 2 is 2.17 bits per heavy atom. The van der Waals surface area contributed by atoms with E-state index in [1.165, 1.54) is 0 Å². The fourth-order valence-electron chi connectivity index (χ4n) is 1.83. The maximum atomic E-state index is 11.8. The molecule has 0 saturated carbocycles. The largest absolute Gasteiger partial charge is 0.480 e. The number of ether oxygens (including phenoxy) is 1. The fraction of sp³-hybridized carbons (Fsp3) is 0.833. The topological polar surface area (TPSA) is 87.7 Å². The van der Waals surface area contributed by atoms with E-state index in [4.69, 9.17) is 9.84 Å². The predicted molar refractivity (Wildman–Crippen MR) is 66.2 cm³/mol. The Labute approximate surface area is 107 Å². The van der Waals surface area contributed by atoms with Crippen molar-refractivity contribution in [3.8, 4) is 0 Å². The van der Waals surface area contributed by atoms with Gasteiger partial charge in [-0.2, -0.15) is 0 Å². The van der Waals surface area contributed by atoms with E-state index in [-0.39, 0.29) is 18.4 Å². The molecule has 3 N–H and O–H groups in total. The van der Waals surface area contributed by atoms with E-state index < -0.39 is 17.4 Å². The fourth-order valence-corrected chi connectivity index (χ4v) is 1.83. The van der Waals surface area contributed by atoms with Crippen LogP contribution in [0.25, 0.3) is 0 Å². The van der Waals surface area contributed by atoms with Gasteiger partial charge in [0.15, 0.2) is 0 Å². The molecule has 18 heavy (non-hydrogen) atoms. The molecule has 1 fully saturated rings. The quantitative estimate of drug-likeness (QED) is 0.659. The van der Waals surface area contributed by atoms with Crippen molar-refractivity contribution in [2.24, 2.45) is 5.41 Å². The first-order valence-electron chi connectivity index (χ1n) is 6.15. The van der Waals surface area contributed by atoms with Crippen LogP contribution in [0.1, 0.15) is 27.2 Å². The van der Waals surface area contributed by atoms with E-state index in [1.54, 1.807) is 20.8 Å². The Morgan fingerprint density at radius 3 is 2.61 bits per heavy atom. The van der Waals surface area contributed by atoms with Gasteiger partial charge in [0, 0.05) is 13.1 Å². The van der Waals surface area contributed by atoms with Crippen molar-refractivity contribution >= 4 is 11.9 Å². The van der Waals surface area contributed by atoms with Crippen LogP contribution in [0.4, 0.5) is 0 Å². The van der Waals surface area contributed by atoms with Crippen LogP contribution in [0.3, 0.4) is 0 Å². The summed E-state index contributed by atoms with van der Waals surface area (Å²) >= 11 is 0. The zero-order valence-corrected chi connectivity index (χ0v) is 11.2. The molecule has 0 spiro atoms. The normalized spacial score (nSPS) is 22.3. The predicted octanol–water partition coefficient (Wildman–Crippen LogP) is -0.0196. The van der Waals surface area contributed by atoms with Crippen molar-refractivity contribution < 1.29 is 19.4 Å². The third-order valence-electron chi connectivity index (χ3n) is 2.84. The van der Waals surface area contributed by atoms with Gasteiger partial charge in [-0.25, -0.2) is 4.79 Å². The van der Waals surface area contributed by atoms with Gasteiger partial charge in [-0.15, -0.1) is 0 Å². The lowest BCUT2D eigenvalue weighted by molar-refractivity contribution is -0.145. The van der Waals surface area contributed by atoms with Crippen molar-refractivity contribution in [2.75, 3.05) is 19.7 Å². The first-order valence-corrected chi connectivity index (χ1v) is 6.15. The van der Waals surface area contributed by atoms with Crippen molar-refractivity contribution in [3.05, 3.63) is 0 Å². The number of hydrogen-bond acceptors (Lipinski definition) is 4. The molecular weight excluding hydrogens is 236 g/mol. The smallest absolute Gasteiger partial charge is 0.326 e.